The summed E-state index contributed by atoms with van der Waals surface area (Å²) < 4.78 is 33.1. The molecule has 2 heterocycles. The molecule has 106 valence electrons. The molecule has 0 unspecified atom stereocenters. The van der Waals surface area contributed by atoms with E-state index in [2.05, 4.69) is 5.32 Å². The Balaban J connectivity index is 1.91. The molecule has 0 saturated carbocycles. The van der Waals surface area contributed by atoms with Gasteiger partial charge in [0, 0.05) is 53.0 Å². The first-order chi connectivity index (χ1) is 8.60. The lowest BCUT2D eigenvalue weighted by molar-refractivity contribution is 0.0615. The summed E-state index contributed by atoms with van der Waals surface area (Å²) >= 11 is 0. The molecule has 2 saturated heterocycles. The molecule has 0 amide bonds. The van der Waals surface area contributed by atoms with Crippen molar-refractivity contribution in [2.24, 2.45) is 5.92 Å². The third kappa shape index (κ3) is 3.42. The number of hydrogen-bond acceptors (Lipinski definition) is 4. The Kier molecular flexibility index (Phi) is 4.97. The van der Waals surface area contributed by atoms with Gasteiger partial charge >= 0.3 is 0 Å². The minimum atomic E-state index is -3.28. The Morgan fingerprint density at radius 3 is 2.50 bits per heavy atom. The van der Waals surface area contributed by atoms with Crippen molar-refractivity contribution in [3.8, 4) is 0 Å². The van der Waals surface area contributed by atoms with Gasteiger partial charge in [0.1, 0.15) is 0 Å². The average Bonchev–Trinajstić information content (AvgIpc) is 2.41. The standard InChI is InChI=1S/C11H23N3O3S/c1-13(10-11-2-8-17-9-3-11)18(15,16)14-6-4-12-5-7-14/h11-12H,2-10H2,1H3. The molecular weight excluding hydrogens is 254 g/mol. The van der Waals surface area contributed by atoms with Crippen molar-refractivity contribution in [1.29, 1.82) is 0 Å². The van der Waals surface area contributed by atoms with Crippen LogP contribution < -0.4 is 5.32 Å². The van der Waals surface area contributed by atoms with Crippen molar-refractivity contribution < 1.29 is 13.2 Å². The van der Waals surface area contributed by atoms with Gasteiger partial charge in [-0.2, -0.15) is 17.0 Å². The zero-order chi connectivity index (χ0) is 13.0. The van der Waals surface area contributed by atoms with Crippen LogP contribution in [0, 0.1) is 5.92 Å². The summed E-state index contributed by atoms with van der Waals surface area (Å²) in [6.07, 6.45) is 1.92. The van der Waals surface area contributed by atoms with Crippen LogP contribution in [0.4, 0.5) is 0 Å². The number of ether oxygens (including phenoxy) is 1. The number of rotatable bonds is 4. The molecule has 18 heavy (non-hydrogen) atoms. The Morgan fingerprint density at radius 1 is 1.28 bits per heavy atom. The van der Waals surface area contributed by atoms with Crippen LogP contribution in [0.2, 0.25) is 0 Å². The molecule has 2 aliphatic rings. The van der Waals surface area contributed by atoms with Crippen LogP contribution in [0.3, 0.4) is 0 Å². The van der Waals surface area contributed by atoms with E-state index in [-0.39, 0.29) is 0 Å². The molecule has 6 nitrogen and oxygen atoms in total. The predicted molar refractivity (Wildman–Crippen MR) is 69.5 cm³/mol. The van der Waals surface area contributed by atoms with E-state index in [4.69, 9.17) is 4.74 Å². The summed E-state index contributed by atoms with van der Waals surface area (Å²) in [5, 5.41) is 3.17. The molecule has 2 fully saturated rings. The van der Waals surface area contributed by atoms with Crippen LogP contribution >= 0.6 is 0 Å². The lowest BCUT2D eigenvalue weighted by atomic mass is 10.0. The maximum absolute atomic E-state index is 12.4. The summed E-state index contributed by atoms with van der Waals surface area (Å²) in [4.78, 5) is 0. The maximum Gasteiger partial charge on any atom is 0.281 e. The lowest BCUT2D eigenvalue weighted by Crippen LogP contribution is -2.51. The van der Waals surface area contributed by atoms with E-state index in [0.717, 1.165) is 39.1 Å². The van der Waals surface area contributed by atoms with E-state index in [1.165, 1.54) is 4.31 Å². The van der Waals surface area contributed by atoms with Crippen molar-refractivity contribution in [1.82, 2.24) is 13.9 Å². The van der Waals surface area contributed by atoms with Gasteiger partial charge < -0.3 is 10.1 Å². The normalized spacial score (nSPS) is 24.6. The van der Waals surface area contributed by atoms with Gasteiger partial charge in [0.25, 0.3) is 10.2 Å². The lowest BCUT2D eigenvalue weighted by Gasteiger charge is -2.33. The molecule has 7 heteroatoms. The molecule has 0 aromatic carbocycles. The number of hydrogen-bond donors (Lipinski definition) is 1. The molecule has 0 aromatic heterocycles. The first-order valence-corrected chi connectivity index (χ1v) is 8.00. The monoisotopic (exact) mass is 277 g/mol. The fourth-order valence-corrected chi connectivity index (χ4v) is 3.90. The third-order valence-corrected chi connectivity index (χ3v) is 5.61. The molecule has 0 spiro atoms. The van der Waals surface area contributed by atoms with Gasteiger partial charge in [-0.15, -0.1) is 0 Å². The molecule has 1 N–H and O–H groups in total. The van der Waals surface area contributed by atoms with Crippen molar-refractivity contribution in [2.75, 3.05) is 53.0 Å². The Morgan fingerprint density at radius 2 is 1.89 bits per heavy atom. The largest absolute Gasteiger partial charge is 0.381 e. The zero-order valence-electron chi connectivity index (χ0n) is 11.0. The van der Waals surface area contributed by atoms with Gasteiger partial charge in [-0.25, -0.2) is 0 Å². The first kappa shape index (κ1) is 14.2. The molecule has 0 radical (unpaired) electrons. The molecular formula is C11H23N3O3S. The molecule has 2 rings (SSSR count). The first-order valence-electron chi connectivity index (χ1n) is 6.60. The van der Waals surface area contributed by atoms with Crippen molar-refractivity contribution in [3.63, 3.8) is 0 Å². The van der Waals surface area contributed by atoms with Gasteiger partial charge in [0.05, 0.1) is 0 Å². The highest BCUT2D eigenvalue weighted by Gasteiger charge is 2.29. The fourth-order valence-electron chi connectivity index (χ4n) is 2.46. The minimum absolute atomic E-state index is 0.432. The molecule has 0 atom stereocenters. The summed E-state index contributed by atoms with van der Waals surface area (Å²) in [7, 11) is -1.59. The number of nitrogens with one attached hydrogen (secondary N) is 1. The summed E-state index contributed by atoms with van der Waals surface area (Å²) in [5.41, 5.74) is 0. The SMILES string of the molecule is CN(CC1CCOCC1)S(=O)(=O)N1CCNCC1. The van der Waals surface area contributed by atoms with Crippen LogP contribution in [0.25, 0.3) is 0 Å². The van der Waals surface area contributed by atoms with Crippen LogP contribution in [-0.4, -0.2) is 70.0 Å². The highest BCUT2D eigenvalue weighted by molar-refractivity contribution is 7.86. The number of piperazine rings is 1. The van der Waals surface area contributed by atoms with E-state index < -0.39 is 10.2 Å². The Labute approximate surface area is 109 Å². The third-order valence-electron chi connectivity index (χ3n) is 3.65. The average molecular weight is 277 g/mol. The van der Waals surface area contributed by atoms with Crippen molar-refractivity contribution in [2.45, 2.75) is 12.8 Å². The highest BCUT2D eigenvalue weighted by atomic mass is 32.2. The van der Waals surface area contributed by atoms with Crippen molar-refractivity contribution >= 4 is 10.2 Å². The second-order valence-corrected chi connectivity index (χ2v) is 7.03. The Bertz CT molecular complexity index is 349. The van der Waals surface area contributed by atoms with Crippen molar-refractivity contribution in [3.05, 3.63) is 0 Å². The summed E-state index contributed by atoms with van der Waals surface area (Å²) in [5.74, 6) is 0.432. The number of nitrogens with zero attached hydrogens (tertiary/aromatic N) is 2. The quantitative estimate of drug-likeness (QED) is 0.752. The van der Waals surface area contributed by atoms with Crippen LogP contribution in [0.1, 0.15) is 12.8 Å². The summed E-state index contributed by atoms with van der Waals surface area (Å²) in [6, 6.07) is 0. The molecule has 0 aromatic rings. The predicted octanol–water partition coefficient (Wildman–Crippen LogP) is -0.505. The van der Waals surface area contributed by atoms with E-state index in [9.17, 15) is 8.42 Å². The Hall–Kier alpha value is -0.210. The van der Waals surface area contributed by atoms with Gasteiger partial charge in [-0.1, -0.05) is 0 Å². The fraction of sp³-hybridized carbons (Fsp3) is 1.00. The smallest absolute Gasteiger partial charge is 0.281 e. The van der Waals surface area contributed by atoms with E-state index in [1.54, 1.807) is 11.4 Å². The van der Waals surface area contributed by atoms with Gasteiger partial charge in [-0.3, -0.25) is 0 Å². The van der Waals surface area contributed by atoms with Gasteiger partial charge in [0.15, 0.2) is 0 Å². The van der Waals surface area contributed by atoms with Crippen LogP contribution in [0.5, 0.6) is 0 Å². The van der Waals surface area contributed by atoms with Gasteiger partial charge in [0.2, 0.25) is 0 Å². The maximum atomic E-state index is 12.4. The molecule has 0 bridgehead atoms. The minimum Gasteiger partial charge on any atom is -0.381 e. The second kappa shape index (κ2) is 6.29. The van der Waals surface area contributed by atoms with E-state index >= 15 is 0 Å². The van der Waals surface area contributed by atoms with E-state index in [0.29, 0.717) is 25.6 Å². The highest BCUT2D eigenvalue weighted by Crippen LogP contribution is 2.18. The summed E-state index contributed by atoms with van der Waals surface area (Å²) in [6.45, 7) is 4.74. The zero-order valence-corrected chi connectivity index (χ0v) is 11.8. The molecule has 2 aliphatic heterocycles. The molecule has 0 aliphatic carbocycles. The topological polar surface area (TPSA) is 61.9 Å². The van der Waals surface area contributed by atoms with E-state index in [1.807, 2.05) is 0 Å². The van der Waals surface area contributed by atoms with Crippen LogP contribution in [0.15, 0.2) is 0 Å². The second-order valence-electron chi connectivity index (χ2n) is 4.99. The van der Waals surface area contributed by atoms with Crippen LogP contribution in [-0.2, 0) is 14.9 Å². The van der Waals surface area contributed by atoms with Gasteiger partial charge in [-0.05, 0) is 18.8 Å².